The van der Waals surface area contributed by atoms with E-state index >= 15 is 0 Å². The zero-order valence-electron chi connectivity index (χ0n) is 23.8. The number of piperazine rings is 1. The Morgan fingerprint density at radius 3 is 2.05 bits per heavy atom. The number of hydrogen-bond donors (Lipinski definition) is 1. The third-order valence-electron chi connectivity index (χ3n) is 7.80. The zero-order valence-corrected chi connectivity index (χ0v) is 24.6. The number of amides is 2. The van der Waals surface area contributed by atoms with E-state index in [-0.39, 0.29) is 22.9 Å². The lowest BCUT2D eigenvalue weighted by molar-refractivity contribution is -0.132. The minimum Gasteiger partial charge on any atom is -0.364 e. The van der Waals surface area contributed by atoms with Crippen molar-refractivity contribution in [3.8, 4) is 5.75 Å². The van der Waals surface area contributed by atoms with Crippen molar-refractivity contribution in [2.45, 2.75) is 23.8 Å². The van der Waals surface area contributed by atoms with E-state index in [0.29, 0.717) is 30.6 Å². The summed E-state index contributed by atoms with van der Waals surface area (Å²) in [5, 5.41) is 2.68. The monoisotopic (exact) mass is 591 g/mol. The molecule has 2 amide bonds. The molecule has 0 bridgehead atoms. The number of carbonyl (C=O) groups excluding carboxylic acids is 2. The summed E-state index contributed by atoms with van der Waals surface area (Å²) in [6, 6.07) is 23.3. The van der Waals surface area contributed by atoms with Gasteiger partial charge in [-0.05, 0) is 81.5 Å². The van der Waals surface area contributed by atoms with Gasteiger partial charge in [-0.2, -0.15) is 8.42 Å². The zero-order chi connectivity index (χ0) is 29.5. The van der Waals surface area contributed by atoms with E-state index in [1.165, 1.54) is 24.3 Å². The van der Waals surface area contributed by atoms with Gasteiger partial charge in [0.15, 0.2) is 5.75 Å². The van der Waals surface area contributed by atoms with Gasteiger partial charge in [0.1, 0.15) is 0 Å². The molecule has 10 nitrogen and oxygen atoms in total. The third kappa shape index (κ3) is 7.10. The van der Waals surface area contributed by atoms with E-state index in [0.717, 1.165) is 43.5 Å². The molecule has 0 saturated carbocycles. The van der Waals surface area contributed by atoms with Crippen LogP contribution in [0, 0.1) is 0 Å². The Morgan fingerprint density at radius 1 is 0.833 bits per heavy atom. The van der Waals surface area contributed by atoms with Crippen LogP contribution in [-0.2, 0) is 14.8 Å². The average molecular weight is 592 g/mol. The standard InChI is InChI=1S/C31H37N5O5S/c1-33-18-16-26(17-19-33)34-20-22-35(23-21-34)30(37)24-32-31(38)25-12-14-29(15-13-25)42(39,40)36(27-8-4-2-5-9-27)41-28-10-6-3-7-11-28/h2-15,26H,16-24H2,1H3,(H,32,38). The van der Waals surface area contributed by atoms with Crippen molar-refractivity contribution >= 4 is 27.5 Å². The summed E-state index contributed by atoms with van der Waals surface area (Å²) >= 11 is 0. The highest BCUT2D eigenvalue weighted by molar-refractivity contribution is 7.92. The summed E-state index contributed by atoms with van der Waals surface area (Å²) in [4.78, 5) is 38.0. The van der Waals surface area contributed by atoms with Crippen LogP contribution in [0.4, 0.5) is 5.69 Å². The molecule has 0 spiro atoms. The first-order valence-electron chi connectivity index (χ1n) is 14.2. The van der Waals surface area contributed by atoms with Gasteiger partial charge >= 0.3 is 0 Å². The van der Waals surface area contributed by atoms with Gasteiger partial charge in [0.2, 0.25) is 5.91 Å². The topological polar surface area (TPSA) is 102 Å². The quantitative estimate of drug-likeness (QED) is 0.382. The van der Waals surface area contributed by atoms with Crippen LogP contribution in [-0.4, -0.2) is 93.8 Å². The van der Waals surface area contributed by atoms with Gasteiger partial charge in [-0.3, -0.25) is 14.5 Å². The second-order valence-corrected chi connectivity index (χ2v) is 12.4. The number of carbonyl (C=O) groups is 2. The first-order valence-corrected chi connectivity index (χ1v) is 15.7. The maximum absolute atomic E-state index is 13.6. The molecule has 1 N–H and O–H groups in total. The lowest BCUT2D eigenvalue weighted by Gasteiger charge is -2.42. The van der Waals surface area contributed by atoms with Crippen molar-refractivity contribution in [1.82, 2.24) is 20.0 Å². The smallest absolute Gasteiger partial charge is 0.295 e. The van der Waals surface area contributed by atoms with E-state index in [2.05, 4.69) is 22.2 Å². The fraction of sp³-hybridized carbons (Fsp3) is 0.355. The number of nitrogens with one attached hydrogen (secondary N) is 1. The molecule has 2 heterocycles. The molecule has 2 aliphatic rings. The molecule has 11 heteroatoms. The maximum Gasteiger partial charge on any atom is 0.295 e. The van der Waals surface area contributed by atoms with Crippen LogP contribution in [0.25, 0.3) is 0 Å². The van der Waals surface area contributed by atoms with Gasteiger partial charge in [-0.15, -0.1) is 0 Å². The van der Waals surface area contributed by atoms with Crippen molar-refractivity contribution in [1.29, 1.82) is 0 Å². The summed E-state index contributed by atoms with van der Waals surface area (Å²) in [6.45, 7) is 5.09. The lowest BCUT2D eigenvalue weighted by atomic mass is 10.0. The molecule has 0 aromatic heterocycles. The molecule has 2 saturated heterocycles. The summed E-state index contributed by atoms with van der Waals surface area (Å²) in [6.07, 6.45) is 2.32. The summed E-state index contributed by atoms with van der Waals surface area (Å²) in [5.74, 6) is -0.214. The Morgan fingerprint density at radius 2 is 1.43 bits per heavy atom. The van der Waals surface area contributed by atoms with Crippen LogP contribution in [0.1, 0.15) is 23.2 Å². The van der Waals surface area contributed by atoms with Crippen LogP contribution in [0.2, 0.25) is 0 Å². The number of para-hydroxylation sites is 2. The summed E-state index contributed by atoms with van der Waals surface area (Å²) < 4.78 is 28.0. The molecule has 3 aromatic carbocycles. The van der Waals surface area contributed by atoms with Crippen molar-refractivity contribution in [2.24, 2.45) is 0 Å². The van der Waals surface area contributed by atoms with Crippen molar-refractivity contribution < 1.29 is 22.8 Å². The Labute approximate surface area is 247 Å². The second-order valence-electron chi connectivity index (χ2n) is 10.6. The van der Waals surface area contributed by atoms with E-state index in [1.807, 2.05) is 6.07 Å². The third-order valence-corrected chi connectivity index (χ3v) is 9.39. The Hall–Kier alpha value is -3.93. The average Bonchev–Trinajstić information content (AvgIpc) is 3.03. The molecular weight excluding hydrogens is 554 g/mol. The number of nitrogens with zero attached hydrogens (tertiary/aromatic N) is 4. The lowest BCUT2D eigenvalue weighted by Crippen LogP contribution is -2.55. The molecule has 0 atom stereocenters. The predicted molar refractivity (Wildman–Crippen MR) is 161 cm³/mol. The second kappa shape index (κ2) is 13.4. The predicted octanol–water partition coefficient (Wildman–Crippen LogP) is 2.84. The first-order chi connectivity index (χ1) is 20.3. The van der Waals surface area contributed by atoms with E-state index < -0.39 is 15.9 Å². The van der Waals surface area contributed by atoms with Crippen molar-refractivity contribution in [3.63, 3.8) is 0 Å². The van der Waals surface area contributed by atoms with Crippen LogP contribution < -0.4 is 14.6 Å². The highest BCUT2D eigenvalue weighted by Crippen LogP contribution is 2.26. The van der Waals surface area contributed by atoms with Gasteiger partial charge in [0.25, 0.3) is 15.9 Å². The molecule has 0 aliphatic carbocycles. The van der Waals surface area contributed by atoms with E-state index in [9.17, 15) is 18.0 Å². The fourth-order valence-corrected chi connectivity index (χ4v) is 6.56. The number of sulfonamides is 1. The molecule has 42 heavy (non-hydrogen) atoms. The summed E-state index contributed by atoms with van der Waals surface area (Å²) in [7, 11) is -1.99. The van der Waals surface area contributed by atoms with Crippen molar-refractivity contribution in [2.75, 3.05) is 57.3 Å². The number of likely N-dealkylation sites (tertiary alicyclic amines) is 1. The number of anilines is 1. The molecular formula is C31H37N5O5S. The fourth-order valence-electron chi connectivity index (χ4n) is 5.31. The van der Waals surface area contributed by atoms with Crippen LogP contribution in [0.5, 0.6) is 5.75 Å². The first kappa shape index (κ1) is 29.6. The van der Waals surface area contributed by atoms with Crippen LogP contribution in [0.3, 0.4) is 0 Å². The number of hydrogen-bond acceptors (Lipinski definition) is 7. The Kier molecular flexibility index (Phi) is 9.41. The molecule has 3 aromatic rings. The SMILES string of the molecule is CN1CCC(N2CCN(C(=O)CNC(=O)c3ccc(S(=O)(=O)N(Oc4ccccc4)c4ccccc4)cc3)CC2)CC1. The highest BCUT2D eigenvalue weighted by atomic mass is 32.2. The highest BCUT2D eigenvalue weighted by Gasteiger charge is 2.29. The summed E-state index contributed by atoms with van der Waals surface area (Å²) in [5.41, 5.74) is 0.581. The Balaban J connectivity index is 1.17. The van der Waals surface area contributed by atoms with E-state index in [1.54, 1.807) is 59.5 Å². The largest absolute Gasteiger partial charge is 0.364 e. The molecule has 2 aliphatic heterocycles. The van der Waals surface area contributed by atoms with Gasteiger partial charge in [0.05, 0.1) is 17.1 Å². The number of rotatable bonds is 9. The molecule has 222 valence electrons. The minimum atomic E-state index is -4.14. The number of piperidine rings is 1. The molecule has 0 radical (unpaired) electrons. The maximum atomic E-state index is 13.6. The van der Waals surface area contributed by atoms with Gasteiger partial charge in [0, 0.05) is 37.8 Å². The molecule has 0 unspecified atom stereocenters. The van der Waals surface area contributed by atoms with Crippen LogP contribution in [0.15, 0.2) is 89.8 Å². The number of benzene rings is 3. The molecule has 2 fully saturated rings. The molecule has 5 rings (SSSR count). The van der Waals surface area contributed by atoms with Gasteiger partial charge < -0.3 is 20.0 Å². The van der Waals surface area contributed by atoms with Crippen molar-refractivity contribution in [3.05, 3.63) is 90.5 Å². The van der Waals surface area contributed by atoms with Gasteiger partial charge in [-0.1, -0.05) is 40.9 Å². The minimum absolute atomic E-state index is 0.0441. The van der Waals surface area contributed by atoms with Crippen LogP contribution >= 0.6 is 0 Å². The van der Waals surface area contributed by atoms with Gasteiger partial charge in [-0.25, -0.2) is 0 Å². The normalized spacial score (nSPS) is 17.0. The van der Waals surface area contributed by atoms with E-state index in [4.69, 9.17) is 4.84 Å². The Bertz CT molecular complexity index is 1440.